The molecule has 2 aromatic carbocycles. The number of benzene rings is 2. The third kappa shape index (κ3) is 6.08. The number of hydrogen-bond acceptors (Lipinski definition) is 6. The van der Waals surface area contributed by atoms with E-state index < -0.39 is 12.7 Å². The number of alkyl halides is 2. The minimum Gasteiger partial charge on any atom is -0.486 e. The normalized spacial score (nSPS) is 16.0. The molecule has 39 heavy (non-hydrogen) atoms. The highest BCUT2D eigenvalue weighted by molar-refractivity contribution is 5.83. The van der Waals surface area contributed by atoms with Gasteiger partial charge in [0.05, 0.1) is 5.52 Å². The molecule has 2 aliphatic heterocycles. The van der Waals surface area contributed by atoms with Gasteiger partial charge >= 0.3 is 12.7 Å². The number of carboxylic acid groups (broad SMARTS) is 1. The Bertz CT molecular complexity index is 1400. The number of fused-ring (bicyclic) bond motifs is 2. The highest BCUT2D eigenvalue weighted by Crippen LogP contribution is 2.32. The van der Waals surface area contributed by atoms with Crippen LogP contribution >= 0.6 is 0 Å². The highest BCUT2D eigenvalue weighted by atomic mass is 19.3. The summed E-state index contributed by atoms with van der Waals surface area (Å²) in [7, 11) is 0. The van der Waals surface area contributed by atoms with Gasteiger partial charge in [-0.3, -0.25) is 4.79 Å². The van der Waals surface area contributed by atoms with Gasteiger partial charge < -0.3 is 33.7 Å². The smallest absolute Gasteiger partial charge is 0.407 e. The molecule has 5 rings (SSSR count). The minimum absolute atomic E-state index is 0.00356. The first kappa shape index (κ1) is 26.7. The summed E-state index contributed by atoms with van der Waals surface area (Å²) in [5.41, 5.74) is 1.94. The van der Waals surface area contributed by atoms with Crippen molar-refractivity contribution < 1.29 is 32.9 Å². The lowest BCUT2D eigenvalue weighted by Gasteiger charge is -2.37. The fourth-order valence-electron chi connectivity index (χ4n) is 5.37. The predicted octanol–water partition coefficient (Wildman–Crippen LogP) is 4.33. The minimum atomic E-state index is -2.95. The average Bonchev–Trinajstić information content (AvgIpc) is 2.91. The number of piperidine rings is 1. The lowest BCUT2D eigenvalue weighted by molar-refractivity contribution is -0.0497. The summed E-state index contributed by atoms with van der Waals surface area (Å²) < 4.78 is 42.8. The molecule has 0 unspecified atom stereocenters. The molecule has 1 aromatic heterocycles. The van der Waals surface area contributed by atoms with Gasteiger partial charge in [0.2, 0.25) is 0 Å². The number of rotatable bonds is 8. The van der Waals surface area contributed by atoms with Crippen LogP contribution in [0.1, 0.15) is 24.0 Å². The lowest BCUT2D eigenvalue weighted by Crippen LogP contribution is -2.47. The molecule has 0 spiro atoms. The maximum atomic E-state index is 12.8. The molecule has 0 saturated carbocycles. The van der Waals surface area contributed by atoms with Crippen LogP contribution in [0.2, 0.25) is 0 Å². The molecule has 0 radical (unpaired) electrons. The van der Waals surface area contributed by atoms with Gasteiger partial charge in [-0.2, -0.15) is 8.78 Å². The fraction of sp³-hybridized carbons (Fsp3) is 0.429. The monoisotopic (exact) mass is 543 g/mol. The van der Waals surface area contributed by atoms with Crippen molar-refractivity contribution in [3.05, 3.63) is 63.9 Å². The number of aryl methyl sites for hydroxylation is 1. The predicted molar refractivity (Wildman–Crippen MR) is 140 cm³/mol. The number of pyridine rings is 1. The molecule has 11 heteroatoms. The van der Waals surface area contributed by atoms with E-state index in [4.69, 9.17) is 9.47 Å². The van der Waals surface area contributed by atoms with Crippen molar-refractivity contribution in [2.24, 2.45) is 0 Å². The number of ether oxygens (including phenoxy) is 3. The first-order valence-corrected chi connectivity index (χ1v) is 13.0. The zero-order chi connectivity index (χ0) is 27.5. The zero-order valence-electron chi connectivity index (χ0n) is 21.6. The first-order chi connectivity index (χ1) is 18.8. The van der Waals surface area contributed by atoms with E-state index in [0.29, 0.717) is 69.3 Å². The van der Waals surface area contributed by atoms with Gasteiger partial charge in [0.25, 0.3) is 5.56 Å². The standard InChI is InChI=1S/C28H31F2N3O6/c1-18-14-26(34)32(23-16-21(39-27(29)30)3-4-22(18)23)11-10-31-8-6-20(7-9-31)33(28(35)36)17-19-2-5-24-25(15-19)38-13-12-37-24/h2-5,14-16,20,27H,6-13,17H2,1H3,(H,35,36). The first-order valence-electron chi connectivity index (χ1n) is 13.0. The number of nitrogens with zero attached hydrogens (tertiary/aromatic N) is 3. The Morgan fingerprint density at radius 2 is 1.82 bits per heavy atom. The van der Waals surface area contributed by atoms with E-state index in [1.54, 1.807) is 16.7 Å². The summed E-state index contributed by atoms with van der Waals surface area (Å²) >= 11 is 0. The molecule has 3 aromatic rings. The van der Waals surface area contributed by atoms with E-state index >= 15 is 0 Å². The fourth-order valence-corrected chi connectivity index (χ4v) is 5.37. The molecule has 208 valence electrons. The molecule has 1 fully saturated rings. The van der Waals surface area contributed by atoms with Crippen LogP contribution < -0.4 is 19.8 Å². The molecule has 1 amide bonds. The van der Waals surface area contributed by atoms with Crippen LogP contribution in [0.5, 0.6) is 17.2 Å². The van der Waals surface area contributed by atoms with Crippen LogP contribution in [0.3, 0.4) is 0 Å². The van der Waals surface area contributed by atoms with E-state index in [1.807, 2.05) is 25.1 Å². The Morgan fingerprint density at radius 3 is 2.54 bits per heavy atom. The van der Waals surface area contributed by atoms with Crippen molar-refractivity contribution in [2.75, 3.05) is 32.8 Å². The van der Waals surface area contributed by atoms with Gasteiger partial charge in [-0.05, 0) is 55.2 Å². The Kier molecular flexibility index (Phi) is 7.87. The maximum absolute atomic E-state index is 12.8. The van der Waals surface area contributed by atoms with Gasteiger partial charge in [-0.1, -0.05) is 6.07 Å². The highest BCUT2D eigenvalue weighted by Gasteiger charge is 2.28. The second-order valence-electron chi connectivity index (χ2n) is 9.84. The number of likely N-dealkylation sites (tertiary alicyclic amines) is 1. The molecule has 9 nitrogen and oxygen atoms in total. The Labute approximate surface area is 224 Å². The van der Waals surface area contributed by atoms with Crippen LogP contribution in [-0.2, 0) is 13.1 Å². The van der Waals surface area contributed by atoms with Crippen LogP contribution in [0.4, 0.5) is 13.6 Å². The summed E-state index contributed by atoms with van der Waals surface area (Å²) in [6.07, 6.45) is 0.349. The number of amides is 1. The molecule has 0 aliphatic carbocycles. The molecule has 1 saturated heterocycles. The lowest BCUT2D eigenvalue weighted by atomic mass is 10.0. The topological polar surface area (TPSA) is 93.5 Å². The molecular formula is C28H31F2N3O6. The largest absolute Gasteiger partial charge is 0.486 e. The molecule has 1 N–H and O–H groups in total. The SMILES string of the molecule is Cc1cc(=O)n(CCN2CCC(N(Cc3ccc4c(c3)OCCO4)C(=O)O)CC2)c2cc(OC(F)F)ccc12. The van der Waals surface area contributed by atoms with Crippen LogP contribution in [0.25, 0.3) is 10.9 Å². The van der Waals surface area contributed by atoms with E-state index in [-0.39, 0.29) is 23.9 Å². The number of carbonyl (C=O) groups is 1. The van der Waals surface area contributed by atoms with Crippen LogP contribution in [-0.4, -0.2) is 71.1 Å². The zero-order valence-corrected chi connectivity index (χ0v) is 21.6. The molecule has 2 aliphatic rings. The van der Waals surface area contributed by atoms with Gasteiger partial charge in [0, 0.05) is 56.3 Å². The van der Waals surface area contributed by atoms with E-state index in [2.05, 4.69) is 9.64 Å². The average molecular weight is 544 g/mol. The number of halogens is 2. The van der Waals surface area contributed by atoms with Crippen LogP contribution in [0, 0.1) is 6.92 Å². The van der Waals surface area contributed by atoms with E-state index in [0.717, 1.165) is 16.5 Å². The molecule has 0 bridgehead atoms. The van der Waals surface area contributed by atoms with Gasteiger partial charge in [0.15, 0.2) is 11.5 Å². The summed E-state index contributed by atoms with van der Waals surface area (Å²) in [5.74, 6) is 1.30. The Morgan fingerprint density at radius 1 is 1.08 bits per heavy atom. The number of hydrogen-bond donors (Lipinski definition) is 1. The summed E-state index contributed by atoms with van der Waals surface area (Å²) in [4.78, 5) is 28.6. The second kappa shape index (κ2) is 11.5. The summed E-state index contributed by atoms with van der Waals surface area (Å²) in [5, 5.41) is 10.7. The van der Waals surface area contributed by atoms with Crippen molar-refractivity contribution >= 4 is 17.0 Å². The van der Waals surface area contributed by atoms with Crippen molar-refractivity contribution in [3.63, 3.8) is 0 Å². The maximum Gasteiger partial charge on any atom is 0.407 e. The Balaban J connectivity index is 1.23. The quantitative estimate of drug-likeness (QED) is 0.452. The second-order valence-corrected chi connectivity index (χ2v) is 9.84. The van der Waals surface area contributed by atoms with Gasteiger partial charge in [-0.25, -0.2) is 4.79 Å². The van der Waals surface area contributed by atoms with Gasteiger partial charge in [-0.15, -0.1) is 0 Å². The summed E-state index contributed by atoms with van der Waals surface area (Å²) in [6, 6.07) is 11.6. The van der Waals surface area contributed by atoms with Crippen molar-refractivity contribution in [3.8, 4) is 17.2 Å². The summed E-state index contributed by atoms with van der Waals surface area (Å²) in [6.45, 7) is 2.37. The molecular weight excluding hydrogens is 512 g/mol. The third-order valence-corrected chi connectivity index (χ3v) is 7.36. The van der Waals surface area contributed by atoms with Crippen molar-refractivity contribution in [2.45, 2.75) is 45.5 Å². The Hall–Kier alpha value is -3.86. The molecule has 0 atom stereocenters. The van der Waals surface area contributed by atoms with Crippen LogP contribution in [0.15, 0.2) is 47.3 Å². The van der Waals surface area contributed by atoms with Gasteiger partial charge in [0.1, 0.15) is 19.0 Å². The number of aromatic nitrogens is 1. The third-order valence-electron chi connectivity index (χ3n) is 7.36. The van der Waals surface area contributed by atoms with Crippen molar-refractivity contribution in [1.29, 1.82) is 0 Å². The van der Waals surface area contributed by atoms with Crippen molar-refractivity contribution in [1.82, 2.24) is 14.4 Å². The van der Waals surface area contributed by atoms with E-state index in [1.165, 1.54) is 17.0 Å². The molecule has 3 heterocycles. The van der Waals surface area contributed by atoms with E-state index in [9.17, 15) is 23.5 Å².